The molecule has 2 fully saturated rings. The molecule has 0 aliphatic heterocycles. The molecule has 0 atom stereocenters. The second-order valence-electron chi connectivity index (χ2n) is 6.33. The summed E-state index contributed by atoms with van der Waals surface area (Å²) in [4.78, 5) is 4.83. The van der Waals surface area contributed by atoms with E-state index in [2.05, 4.69) is 29.8 Å². The third kappa shape index (κ3) is 1.71. The highest BCUT2D eigenvalue weighted by molar-refractivity contribution is 5.77. The summed E-state index contributed by atoms with van der Waals surface area (Å²) in [5.41, 5.74) is 9.78. The molecular formula is C16H21N3. The van der Waals surface area contributed by atoms with Crippen molar-refractivity contribution in [3.8, 4) is 0 Å². The van der Waals surface area contributed by atoms with Gasteiger partial charge in [-0.2, -0.15) is 0 Å². The molecule has 1 heterocycles. The summed E-state index contributed by atoms with van der Waals surface area (Å²) in [6, 6.07) is 7.19. The number of fused-ring (bicyclic) bond motifs is 1. The number of nitrogens with zero attached hydrogens (tertiary/aromatic N) is 2. The molecule has 0 amide bonds. The first-order valence-electron chi connectivity index (χ1n) is 7.44. The van der Waals surface area contributed by atoms with E-state index in [1.165, 1.54) is 36.2 Å². The third-order valence-corrected chi connectivity index (χ3v) is 5.06. The lowest BCUT2D eigenvalue weighted by atomic mass is 9.76. The number of nitrogens with two attached hydrogens (primary N) is 1. The van der Waals surface area contributed by atoms with E-state index in [-0.39, 0.29) is 0 Å². The van der Waals surface area contributed by atoms with Crippen LogP contribution in [0.15, 0.2) is 18.2 Å². The second-order valence-corrected chi connectivity index (χ2v) is 6.33. The number of hydrogen-bond donors (Lipinski definition) is 1. The van der Waals surface area contributed by atoms with Gasteiger partial charge < -0.3 is 10.3 Å². The van der Waals surface area contributed by atoms with Crippen molar-refractivity contribution in [2.45, 2.75) is 50.0 Å². The molecule has 0 unspecified atom stereocenters. The van der Waals surface area contributed by atoms with Crippen LogP contribution in [0.3, 0.4) is 0 Å². The van der Waals surface area contributed by atoms with E-state index in [0.717, 1.165) is 18.4 Å². The number of aromatic nitrogens is 2. The van der Waals surface area contributed by atoms with Gasteiger partial charge in [0.1, 0.15) is 5.82 Å². The number of aryl methyl sites for hydroxylation is 1. The SMILES string of the molecule is Cn1c(C2CCC2)nc2ccc(C3CC(N)C3)cc21. The topological polar surface area (TPSA) is 43.8 Å². The predicted molar refractivity (Wildman–Crippen MR) is 77.3 cm³/mol. The van der Waals surface area contributed by atoms with E-state index in [1.807, 2.05) is 0 Å². The van der Waals surface area contributed by atoms with Crippen molar-refractivity contribution in [3.63, 3.8) is 0 Å². The smallest absolute Gasteiger partial charge is 0.112 e. The molecule has 2 N–H and O–H groups in total. The highest BCUT2D eigenvalue weighted by atomic mass is 15.1. The van der Waals surface area contributed by atoms with Gasteiger partial charge in [-0.25, -0.2) is 4.98 Å². The van der Waals surface area contributed by atoms with Gasteiger partial charge in [-0.1, -0.05) is 12.5 Å². The zero-order valence-electron chi connectivity index (χ0n) is 11.5. The Morgan fingerprint density at radius 1 is 1.21 bits per heavy atom. The van der Waals surface area contributed by atoms with Gasteiger partial charge in [0.15, 0.2) is 0 Å². The minimum atomic E-state index is 0.415. The van der Waals surface area contributed by atoms with Crippen LogP contribution in [0.1, 0.15) is 55.3 Å². The first-order valence-corrected chi connectivity index (χ1v) is 7.44. The highest BCUT2D eigenvalue weighted by Crippen LogP contribution is 2.39. The summed E-state index contributed by atoms with van der Waals surface area (Å²) in [6.07, 6.45) is 6.25. The van der Waals surface area contributed by atoms with Crippen molar-refractivity contribution < 1.29 is 0 Å². The van der Waals surface area contributed by atoms with Gasteiger partial charge in [0.05, 0.1) is 11.0 Å². The second kappa shape index (κ2) is 4.07. The van der Waals surface area contributed by atoms with E-state index >= 15 is 0 Å². The molecule has 2 aromatic rings. The molecule has 0 bridgehead atoms. The first-order chi connectivity index (χ1) is 9.22. The van der Waals surface area contributed by atoms with Crippen molar-refractivity contribution in [1.82, 2.24) is 9.55 Å². The molecule has 2 aliphatic carbocycles. The number of rotatable bonds is 2. The quantitative estimate of drug-likeness (QED) is 0.896. The first kappa shape index (κ1) is 11.5. The maximum Gasteiger partial charge on any atom is 0.112 e. The molecule has 2 saturated carbocycles. The van der Waals surface area contributed by atoms with Crippen LogP contribution in [0.5, 0.6) is 0 Å². The van der Waals surface area contributed by atoms with Crippen molar-refractivity contribution in [3.05, 3.63) is 29.6 Å². The summed E-state index contributed by atoms with van der Waals surface area (Å²) in [5.74, 6) is 2.64. The normalized spacial score (nSPS) is 27.3. The van der Waals surface area contributed by atoms with Gasteiger partial charge in [-0.15, -0.1) is 0 Å². The molecule has 1 aromatic carbocycles. The van der Waals surface area contributed by atoms with E-state index < -0.39 is 0 Å². The predicted octanol–water partition coefficient (Wildman–Crippen LogP) is 3.05. The Balaban J connectivity index is 1.73. The Bertz CT molecular complexity index is 618. The minimum Gasteiger partial charge on any atom is -0.331 e. The van der Waals surface area contributed by atoms with Crippen molar-refractivity contribution in [2.24, 2.45) is 12.8 Å². The molecule has 1 aromatic heterocycles. The lowest BCUT2D eigenvalue weighted by Gasteiger charge is -2.32. The Kier molecular flexibility index (Phi) is 2.46. The van der Waals surface area contributed by atoms with E-state index in [1.54, 1.807) is 0 Å². The number of benzene rings is 1. The Labute approximate surface area is 113 Å². The molecule has 3 nitrogen and oxygen atoms in total. The molecule has 19 heavy (non-hydrogen) atoms. The monoisotopic (exact) mass is 255 g/mol. The largest absolute Gasteiger partial charge is 0.331 e. The summed E-state index contributed by atoms with van der Waals surface area (Å²) in [6.45, 7) is 0. The molecule has 0 spiro atoms. The fraction of sp³-hybridized carbons (Fsp3) is 0.562. The molecule has 0 radical (unpaired) electrons. The average Bonchev–Trinajstić information content (AvgIpc) is 2.61. The zero-order chi connectivity index (χ0) is 13.0. The third-order valence-electron chi connectivity index (χ3n) is 5.06. The standard InChI is InChI=1S/C16H21N3/c1-19-15-9-11(12-7-13(17)8-12)5-6-14(15)18-16(19)10-3-2-4-10/h5-6,9-10,12-13H,2-4,7-8,17H2,1H3. The Hall–Kier alpha value is -1.35. The summed E-state index contributed by atoms with van der Waals surface area (Å²) >= 11 is 0. The van der Waals surface area contributed by atoms with Gasteiger partial charge in [0, 0.05) is 19.0 Å². The van der Waals surface area contributed by atoms with Crippen LogP contribution >= 0.6 is 0 Å². The van der Waals surface area contributed by atoms with Gasteiger partial charge in [-0.05, 0) is 49.3 Å². The zero-order valence-corrected chi connectivity index (χ0v) is 11.5. The summed E-state index contributed by atoms with van der Waals surface area (Å²) < 4.78 is 2.31. The maximum atomic E-state index is 5.90. The molecule has 2 aliphatic rings. The van der Waals surface area contributed by atoms with Crippen LogP contribution in [-0.4, -0.2) is 15.6 Å². The molecule has 0 saturated heterocycles. The average molecular weight is 255 g/mol. The Morgan fingerprint density at radius 3 is 2.63 bits per heavy atom. The Morgan fingerprint density at radius 2 is 2.00 bits per heavy atom. The van der Waals surface area contributed by atoms with Crippen molar-refractivity contribution in [2.75, 3.05) is 0 Å². The number of imidazole rings is 1. The summed E-state index contributed by atoms with van der Waals surface area (Å²) in [5, 5.41) is 0. The fourth-order valence-corrected chi connectivity index (χ4v) is 3.45. The van der Waals surface area contributed by atoms with Crippen LogP contribution in [-0.2, 0) is 7.05 Å². The van der Waals surface area contributed by atoms with Crippen LogP contribution in [0.25, 0.3) is 11.0 Å². The van der Waals surface area contributed by atoms with Crippen molar-refractivity contribution in [1.29, 1.82) is 0 Å². The van der Waals surface area contributed by atoms with E-state index in [4.69, 9.17) is 10.7 Å². The summed E-state index contributed by atoms with van der Waals surface area (Å²) in [7, 11) is 2.17. The van der Waals surface area contributed by atoms with Crippen molar-refractivity contribution >= 4 is 11.0 Å². The van der Waals surface area contributed by atoms with E-state index in [0.29, 0.717) is 17.9 Å². The number of hydrogen-bond acceptors (Lipinski definition) is 2. The lowest BCUT2D eigenvalue weighted by molar-refractivity contribution is 0.351. The van der Waals surface area contributed by atoms with Crippen LogP contribution < -0.4 is 5.73 Å². The van der Waals surface area contributed by atoms with Crippen LogP contribution in [0, 0.1) is 0 Å². The fourth-order valence-electron chi connectivity index (χ4n) is 3.45. The van der Waals surface area contributed by atoms with Gasteiger partial charge in [-0.3, -0.25) is 0 Å². The van der Waals surface area contributed by atoms with E-state index in [9.17, 15) is 0 Å². The highest BCUT2D eigenvalue weighted by Gasteiger charge is 2.28. The lowest BCUT2D eigenvalue weighted by Crippen LogP contribution is -2.34. The van der Waals surface area contributed by atoms with Crippen LogP contribution in [0.2, 0.25) is 0 Å². The molecule has 4 rings (SSSR count). The minimum absolute atomic E-state index is 0.415. The molecule has 100 valence electrons. The molecular weight excluding hydrogens is 234 g/mol. The van der Waals surface area contributed by atoms with Gasteiger partial charge in [0.2, 0.25) is 0 Å². The maximum absolute atomic E-state index is 5.90. The van der Waals surface area contributed by atoms with Crippen LogP contribution in [0.4, 0.5) is 0 Å². The molecule has 3 heteroatoms. The van der Waals surface area contributed by atoms with Gasteiger partial charge in [0.25, 0.3) is 0 Å². The van der Waals surface area contributed by atoms with Gasteiger partial charge >= 0.3 is 0 Å².